The van der Waals surface area contributed by atoms with Crippen LogP contribution < -0.4 is 10.6 Å². The Bertz CT molecular complexity index is 471. The second-order valence-electron chi connectivity index (χ2n) is 5.01. The van der Waals surface area contributed by atoms with Crippen LogP contribution in [-0.4, -0.2) is 24.4 Å². The summed E-state index contributed by atoms with van der Waals surface area (Å²) in [5.41, 5.74) is 2.11. The first-order valence-electron chi connectivity index (χ1n) is 6.78. The lowest BCUT2D eigenvalue weighted by Crippen LogP contribution is -2.46. The fraction of sp³-hybridized carbons (Fsp3) is 0.467. The average Bonchev–Trinajstić information content (AvgIpc) is 2.58. The van der Waals surface area contributed by atoms with Crippen molar-refractivity contribution in [2.45, 2.75) is 38.6 Å². The Kier molecular flexibility index (Phi) is 4.55. The second kappa shape index (κ2) is 6.36. The number of carbonyl (C=O) groups excluding carboxylic acids is 2. The summed E-state index contributed by atoms with van der Waals surface area (Å²) in [6.45, 7) is 2.70. The van der Waals surface area contributed by atoms with Crippen LogP contribution in [0.5, 0.6) is 0 Å². The highest BCUT2D eigenvalue weighted by Crippen LogP contribution is 2.09. The number of benzene rings is 1. The van der Waals surface area contributed by atoms with Gasteiger partial charge in [0.05, 0.1) is 6.42 Å². The SMILES string of the molecule is Cc1ccccc1CC(=O)N[C@H]1CCCCNC1=O. The topological polar surface area (TPSA) is 58.2 Å². The van der Waals surface area contributed by atoms with E-state index in [1.807, 2.05) is 31.2 Å². The predicted molar refractivity (Wildman–Crippen MR) is 73.7 cm³/mol. The standard InChI is InChI=1S/C15H20N2O2/c1-11-6-2-3-7-12(11)10-14(18)17-13-8-4-5-9-16-15(13)19/h2-3,6-7,13H,4-5,8-10H2,1H3,(H,16,19)(H,17,18)/t13-/m0/s1. The monoisotopic (exact) mass is 260 g/mol. The van der Waals surface area contributed by atoms with Gasteiger partial charge in [-0.05, 0) is 37.3 Å². The molecule has 102 valence electrons. The molecule has 1 aromatic rings. The van der Waals surface area contributed by atoms with Crippen LogP contribution in [0.3, 0.4) is 0 Å². The molecular weight excluding hydrogens is 240 g/mol. The predicted octanol–water partition coefficient (Wildman–Crippen LogP) is 1.32. The molecule has 0 radical (unpaired) electrons. The van der Waals surface area contributed by atoms with Crippen LogP contribution in [0.25, 0.3) is 0 Å². The van der Waals surface area contributed by atoms with E-state index in [0.29, 0.717) is 13.0 Å². The molecule has 1 saturated heterocycles. The van der Waals surface area contributed by atoms with Crippen LogP contribution in [-0.2, 0) is 16.0 Å². The summed E-state index contributed by atoms with van der Waals surface area (Å²) in [4.78, 5) is 23.7. The molecule has 0 aliphatic carbocycles. The Morgan fingerprint density at radius 2 is 2.16 bits per heavy atom. The highest BCUT2D eigenvalue weighted by molar-refractivity contribution is 5.88. The maximum atomic E-state index is 12.0. The molecule has 19 heavy (non-hydrogen) atoms. The molecule has 0 bridgehead atoms. The molecule has 4 heteroatoms. The van der Waals surface area contributed by atoms with E-state index >= 15 is 0 Å². The van der Waals surface area contributed by atoms with Crippen molar-refractivity contribution in [2.75, 3.05) is 6.54 Å². The lowest BCUT2D eigenvalue weighted by molar-refractivity contribution is -0.128. The van der Waals surface area contributed by atoms with Crippen LogP contribution in [0, 0.1) is 6.92 Å². The molecule has 1 heterocycles. The van der Waals surface area contributed by atoms with E-state index in [1.54, 1.807) is 0 Å². The summed E-state index contributed by atoms with van der Waals surface area (Å²) >= 11 is 0. The average molecular weight is 260 g/mol. The van der Waals surface area contributed by atoms with E-state index in [9.17, 15) is 9.59 Å². The summed E-state index contributed by atoms with van der Waals surface area (Å²) in [5, 5.41) is 5.65. The van der Waals surface area contributed by atoms with Gasteiger partial charge >= 0.3 is 0 Å². The van der Waals surface area contributed by atoms with Crippen molar-refractivity contribution in [1.29, 1.82) is 0 Å². The quantitative estimate of drug-likeness (QED) is 0.861. The normalized spacial score (nSPS) is 19.4. The number of hydrogen-bond acceptors (Lipinski definition) is 2. The van der Waals surface area contributed by atoms with Gasteiger partial charge in [0.2, 0.25) is 11.8 Å². The minimum Gasteiger partial charge on any atom is -0.354 e. The summed E-state index contributed by atoms with van der Waals surface area (Å²) < 4.78 is 0. The molecule has 0 spiro atoms. The molecule has 4 nitrogen and oxygen atoms in total. The number of amides is 2. The maximum Gasteiger partial charge on any atom is 0.242 e. The molecule has 2 rings (SSSR count). The number of nitrogens with one attached hydrogen (secondary N) is 2. The van der Waals surface area contributed by atoms with Gasteiger partial charge in [-0.3, -0.25) is 9.59 Å². The fourth-order valence-corrected chi connectivity index (χ4v) is 2.30. The van der Waals surface area contributed by atoms with Crippen molar-refractivity contribution < 1.29 is 9.59 Å². The third-order valence-electron chi connectivity index (χ3n) is 3.48. The number of carbonyl (C=O) groups is 2. The summed E-state index contributed by atoms with van der Waals surface area (Å²) in [5.74, 6) is -0.146. The zero-order valence-electron chi connectivity index (χ0n) is 11.2. The first-order chi connectivity index (χ1) is 9.16. The Labute approximate surface area is 113 Å². The molecule has 0 aromatic heterocycles. The van der Waals surface area contributed by atoms with E-state index in [2.05, 4.69) is 10.6 Å². The van der Waals surface area contributed by atoms with Crippen LogP contribution in [0.4, 0.5) is 0 Å². The Morgan fingerprint density at radius 1 is 1.37 bits per heavy atom. The van der Waals surface area contributed by atoms with Gasteiger partial charge in [0.25, 0.3) is 0 Å². The maximum absolute atomic E-state index is 12.0. The van der Waals surface area contributed by atoms with Crippen LogP contribution in [0.15, 0.2) is 24.3 Å². The fourth-order valence-electron chi connectivity index (χ4n) is 2.30. The van der Waals surface area contributed by atoms with E-state index in [0.717, 1.165) is 30.4 Å². The molecule has 0 unspecified atom stereocenters. The largest absolute Gasteiger partial charge is 0.354 e. The molecule has 1 atom stereocenters. The molecule has 2 N–H and O–H groups in total. The van der Waals surface area contributed by atoms with Crippen molar-refractivity contribution in [2.24, 2.45) is 0 Å². The third kappa shape index (κ3) is 3.81. The molecule has 1 aliphatic rings. The summed E-state index contributed by atoms with van der Waals surface area (Å²) in [7, 11) is 0. The minimum atomic E-state index is -0.376. The van der Waals surface area contributed by atoms with Gasteiger partial charge in [0.15, 0.2) is 0 Å². The Hall–Kier alpha value is -1.84. The van der Waals surface area contributed by atoms with E-state index in [-0.39, 0.29) is 17.9 Å². The van der Waals surface area contributed by atoms with Crippen LogP contribution >= 0.6 is 0 Å². The number of hydrogen-bond donors (Lipinski definition) is 2. The summed E-state index contributed by atoms with van der Waals surface area (Å²) in [6.07, 6.45) is 3.01. The van der Waals surface area contributed by atoms with Gasteiger partial charge in [-0.1, -0.05) is 24.3 Å². The minimum absolute atomic E-state index is 0.0596. The first kappa shape index (κ1) is 13.6. The first-order valence-corrected chi connectivity index (χ1v) is 6.78. The molecular formula is C15H20N2O2. The second-order valence-corrected chi connectivity index (χ2v) is 5.01. The zero-order valence-corrected chi connectivity index (χ0v) is 11.2. The van der Waals surface area contributed by atoms with Crippen molar-refractivity contribution in [3.05, 3.63) is 35.4 Å². The molecule has 1 aliphatic heterocycles. The van der Waals surface area contributed by atoms with Gasteiger partial charge in [-0.15, -0.1) is 0 Å². The van der Waals surface area contributed by atoms with Gasteiger partial charge in [-0.25, -0.2) is 0 Å². The number of rotatable bonds is 3. The molecule has 2 amide bonds. The van der Waals surface area contributed by atoms with E-state index in [4.69, 9.17) is 0 Å². The lowest BCUT2D eigenvalue weighted by Gasteiger charge is -2.15. The van der Waals surface area contributed by atoms with Gasteiger partial charge in [0.1, 0.15) is 6.04 Å². The molecule has 1 aromatic carbocycles. The van der Waals surface area contributed by atoms with E-state index < -0.39 is 0 Å². The number of aryl methyl sites for hydroxylation is 1. The summed E-state index contributed by atoms with van der Waals surface area (Å²) in [6, 6.07) is 7.44. The van der Waals surface area contributed by atoms with Crippen molar-refractivity contribution in [3.63, 3.8) is 0 Å². The zero-order chi connectivity index (χ0) is 13.7. The van der Waals surface area contributed by atoms with Crippen LogP contribution in [0.1, 0.15) is 30.4 Å². The van der Waals surface area contributed by atoms with Crippen molar-refractivity contribution in [3.8, 4) is 0 Å². The smallest absolute Gasteiger partial charge is 0.242 e. The Morgan fingerprint density at radius 3 is 2.95 bits per heavy atom. The lowest BCUT2D eigenvalue weighted by atomic mass is 10.0. The van der Waals surface area contributed by atoms with Crippen molar-refractivity contribution >= 4 is 11.8 Å². The Balaban J connectivity index is 1.93. The third-order valence-corrected chi connectivity index (χ3v) is 3.48. The van der Waals surface area contributed by atoms with Gasteiger partial charge in [0, 0.05) is 6.54 Å². The van der Waals surface area contributed by atoms with Gasteiger partial charge in [-0.2, -0.15) is 0 Å². The highest BCUT2D eigenvalue weighted by Gasteiger charge is 2.22. The highest BCUT2D eigenvalue weighted by atomic mass is 16.2. The molecule has 0 saturated carbocycles. The van der Waals surface area contributed by atoms with E-state index in [1.165, 1.54) is 0 Å². The molecule has 1 fully saturated rings. The van der Waals surface area contributed by atoms with Gasteiger partial charge < -0.3 is 10.6 Å². The van der Waals surface area contributed by atoms with Crippen molar-refractivity contribution in [1.82, 2.24) is 10.6 Å². The van der Waals surface area contributed by atoms with Crippen LogP contribution in [0.2, 0.25) is 0 Å².